The van der Waals surface area contributed by atoms with Gasteiger partial charge in [-0.15, -0.1) is 0 Å². The van der Waals surface area contributed by atoms with Crippen LogP contribution in [-0.2, 0) is 26.2 Å². The van der Waals surface area contributed by atoms with Gasteiger partial charge >= 0.3 is 0 Å². The summed E-state index contributed by atoms with van der Waals surface area (Å²) in [5, 5.41) is 5.87. The fourth-order valence-corrected chi connectivity index (χ4v) is 4.63. The number of halogens is 1. The molecule has 0 spiro atoms. The van der Waals surface area contributed by atoms with Gasteiger partial charge in [0.2, 0.25) is 21.8 Å². The molecule has 0 aliphatic carbocycles. The molecule has 2 N–H and O–H groups in total. The maximum atomic E-state index is 13.4. The Labute approximate surface area is 198 Å². The van der Waals surface area contributed by atoms with Crippen molar-refractivity contribution in [1.29, 1.82) is 0 Å². The minimum absolute atomic E-state index is 0.00721. The van der Waals surface area contributed by atoms with Gasteiger partial charge in [-0.3, -0.25) is 9.59 Å². The Morgan fingerprint density at radius 3 is 2.12 bits per heavy atom. The van der Waals surface area contributed by atoms with E-state index in [9.17, 15) is 18.0 Å². The highest BCUT2D eigenvalue weighted by atomic mass is 35.5. The molecule has 0 saturated heterocycles. The van der Waals surface area contributed by atoms with E-state index in [2.05, 4.69) is 10.6 Å². The van der Waals surface area contributed by atoms with Crippen LogP contribution in [0.15, 0.2) is 77.7 Å². The van der Waals surface area contributed by atoms with Crippen molar-refractivity contribution in [3.05, 3.63) is 88.9 Å². The van der Waals surface area contributed by atoms with Crippen molar-refractivity contribution in [3.8, 4) is 0 Å². The summed E-state index contributed by atoms with van der Waals surface area (Å²) >= 11 is 5.95. The molecule has 172 valence electrons. The molecule has 0 saturated carbocycles. The lowest BCUT2D eigenvalue weighted by atomic mass is 10.2. The zero-order chi connectivity index (χ0) is 24.0. The van der Waals surface area contributed by atoms with Gasteiger partial charge in [0.1, 0.15) is 0 Å². The lowest BCUT2D eigenvalue weighted by Crippen LogP contribution is -2.37. The van der Waals surface area contributed by atoms with E-state index >= 15 is 0 Å². The van der Waals surface area contributed by atoms with Crippen LogP contribution in [0.2, 0.25) is 5.02 Å². The van der Waals surface area contributed by atoms with Crippen LogP contribution >= 0.6 is 11.6 Å². The maximum absolute atomic E-state index is 13.4. The average Bonchev–Trinajstić information content (AvgIpc) is 2.75. The largest absolute Gasteiger partial charge is 0.326 e. The molecule has 33 heavy (non-hydrogen) atoms. The zero-order valence-electron chi connectivity index (χ0n) is 18.2. The van der Waals surface area contributed by atoms with Crippen LogP contribution in [0.3, 0.4) is 0 Å². The minimum Gasteiger partial charge on any atom is -0.326 e. The lowest BCUT2D eigenvalue weighted by molar-refractivity contribution is -0.116. The van der Waals surface area contributed by atoms with Crippen LogP contribution in [-0.4, -0.2) is 31.1 Å². The number of benzene rings is 3. The highest BCUT2D eigenvalue weighted by Crippen LogP contribution is 2.21. The van der Waals surface area contributed by atoms with E-state index in [-0.39, 0.29) is 17.3 Å². The van der Waals surface area contributed by atoms with E-state index in [1.165, 1.54) is 19.1 Å². The second-order valence-corrected chi connectivity index (χ2v) is 9.90. The summed E-state index contributed by atoms with van der Waals surface area (Å²) < 4.78 is 27.8. The third kappa shape index (κ3) is 6.89. The molecule has 0 heterocycles. The maximum Gasteiger partial charge on any atom is 0.243 e. The van der Waals surface area contributed by atoms with Gasteiger partial charge in [0.25, 0.3) is 0 Å². The van der Waals surface area contributed by atoms with Crippen LogP contribution in [0, 0.1) is 6.92 Å². The zero-order valence-corrected chi connectivity index (χ0v) is 19.8. The van der Waals surface area contributed by atoms with Gasteiger partial charge in [0, 0.05) is 29.9 Å². The number of nitrogens with one attached hydrogen (secondary N) is 2. The number of carbonyl (C=O) groups is 2. The highest BCUT2D eigenvalue weighted by Gasteiger charge is 2.27. The van der Waals surface area contributed by atoms with E-state index in [4.69, 9.17) is 11.6 Å². The van der Waals surface area contributed by atoms with Gasteiger partial charge in [-0.05, 0) is 55.0 Å². The summed E-state index contributed by atoms with van der Waals surface area (Å²) in [6.07, 6.45) is 0. The quantitative estimate of drug-likeness (QED) is 0.493. The number of hydrogen-bond acceptors (Lipinski definition) is 4. The van der Waals surface area contributed by atoms with E-state index in [0.717, 1.165) is 9.87 Å². The van der Waals surface area contributed by atoms with Gasteiger partial charge in [-0.2, -0.15) is 4.31 Å². The fourth-order valence-electron chi connectivity index (χ4n) is 3.12. The Bertz CT molecular complexity index is 1240. The number of nitrogens with zero attached hydrogens (tertiary/aromatic N) is 1. The molecule has 0 atom stereocenters. The van der Waals surface area contributed by atoms with Gasteiger partial charge < -0.3 is 10.6 Å². The summed E-state index contributed by atoms with van der Waals surface area (Å²) in [6, 6.07) is 19.8. The van der Waals surface area contributed by atoms with Crippen molar-refractivity contribution in [3.63, 3.8) is 0 Å². The molecular formula is C24H24ClN3O4S. The van der Waals surface area contributed by atoms with E-state index < -0.39 is 22.5 Å². The van der Waals surface area contributed by atoms with Crippen molar-refractivity contribution < 1.29 is 18.0 Å². The third-order valence-electron chi connectivity index (χ3n) is 4.72. The first-order valence-corrected chi connectivity index (χ1v) is 11.9. The highest BCUT2D eigenvalue weighted by molar-refractivity contribution is 7.89. The average molecular weight is 486 g/mol. The fraction of sp³-hybridized carbons (Fsp3) is 0.167. The molecule has 0 aliphatic rings. The summed E-state index contributed by atoms with van der Waals surface area (Å²) in [5.41, 5.74) is 2.57. The Kier molecular flexibility index (Phi) is 7.86. The van der Waals surface area contributed by atoms with Crippen LogP contribution < -0.4 is 10.6 Å². The smallest absolute Gasteiger partial charge is 0.243 e. The molecule has 3 aromatic rings. The molecule has 3 aromatic carbocycles. The summed E-state index contributed by atoms with van der Waals surface area (Å²) in [5.74, 6) is -0.753. The number of hydrogen-bond donors (Lipinski definition) is 2. The number of amides is 2. The molecule has 9 heteroatoms. The van der Waals surface area contributed by atoms with Crippen molar-refractivity contribution in [2.24, 2.45) is 0 Å². The Morgan fingerprint density at radius 2 is 1.52 bits per heavy atom. The second kappa shape index (κ2) is 10.6. The van der Waals surface area contributed by atoms with Gasteiger partial charge in [-0.1, -0.05) is 47.5 Å². The van der Waals surface area contributed by atoms with Gasteiger partial charge in [0.15, 0.2) is 0 Å². The van der Waals surface area contributed by atoms with E-state index in [1.54, 1.807) is 60.7 Å². The Hall–Kier alpha value is -3.20. The molecule has 0 aliphatic heterocycles. The summed E-state index contributed by atoms with van der Waals surface area (Å²) in [6.45, 7) is 2.84. The number of sulfonamides is 1. The molecule has 0 radical (unpaired) electrons. The van der Waals surface area contributed by atoms with E-state index in [1.807, 2.05) is 6.92 Å². The molecule has 7 nitrogen and oxygen atoms in total. The molecule has 0 bridgehead atoms. The number of carbonyl (C=O) groups excluding carboxylic acids is 2. The Balaban J connectivity index is 1.84. The van der Waals surface area contributed by atoms with Crippen LogP contribution in [0.1, 0.15) is 18.1 Å². The van der Waals surface area contributed by atoms with Crippen molar-refractivity contribution in [1.82, 2.24) is 4.31 Å². The number of rotatable bonds is 8. The minimum atomic E-state index is -3.96. The normalized spacial score (nSPS) is 11.3. The summed E-state index contributed by atoms with van der Waals surface area (Å²) in [4.78, 5) is 24.2. The molecule has 2 amide bonds. The van der Waals surface area contributed by atoms with Crippen LogP contribution in [0.4, 0.5) is 11.4 Å². The predicted molar refractivity (Wildman–Crippen MR) is 130 cm³/mol. The third-order valence-corrected chi connectivity index (χ3v) is 6.78. The monoisotopic (exact) mass is 485 g/mol. The standard InChI is InChI=1S/C24H24ClN3O4S/c1-17-6-12-23(13-7-17)33(31,32)28(15-19-8-10-20(25)11-9-19)16-24(30)27-22-5-3-4-21(14-22)26-18(2)29/h3-14H,15-16H2,1-2H3,(H,26,29)(H,27,30). The van der Waals surface area contributed by atoms with E-state index in [0.29, 0.717) is 22.0 Å². The summed E-state index contributed by atoms with van der Waals surface area (Å²) in [7, 11) is -3.96. The molecule has 0 unspecified atom stereocenters. The van der Waals surface area contributed by atoms with Gasteiger partial charge in [-0.25, -0.2) is 8.42 Å². The first-order chi connectivity index (χ1) is 15.6. The van der Waals surface area contributed by atoms with Crippen LogP contribution in [0.5, 0.6) is 0 Å². The SMILES string of the molecule is CC(=O)Nc1cccc(NC(=O)CN(Cc2ccc(Cl)cc2)S(=O)(=O)c2ccc(C)cc2)c1. The van der Waals surface area contributed by atoms with Crippen molar-refractivity contribution >= 4 is 44.8 Å². The van der Waals surface area contributed by atoms with Gasteiger partial charge in [0.05, 0.1) is 11.4 Å². The molecular weight excluding hydrogens is 462 g/mol. The predicted octanol–water partition coefficient (Wildman–Crippen LogP) is 4.44. The lowest BCUT2D eigenvalue weighted by Gasteiger charge is -2.22. The van der Waals surface area contributed by atoms with Crippen molar-refractivity contribution in [2.75, 3.05) is 17.2 Å². The topological polar surface area (TPSA) is 95.6 Å². The first-order valence-electron chi connectivity index (χ1n) is 10.1. The number of anilines is 2. The van der Waals surface area contributed by atoms with Crippen molar-refractivity contribution in [2.45, 2.75) is 25.3 Å². The molecule has 0 aromatic heterocycles. The first kappa shape index (κ1) is 24.4. The Morgan fingerprint density at radius 1 is 0.909 bits per heavy atom. The molecule has 3 rings (SSSR count). The second-order valence-electron chi connectivity index (χ2n) is 7.52. The number of aryl methyl sites for hydroxylation is 1. The molecule has 0 fully saturated rings. The van der Waals surface area contributed by atoms with Crippen LogP contribution in [0.25, 0.3) is 0 Å².